The van der Waals surface area contributed by atoms with E-state index in [-0.39, 0.29) is 0 Å². The van der Waals surface area contributed by atoms with E-state index in [2.05, 4.69) is 48.2 Å². The second kappa shape index (κ2) is 7.95. The van der Waals surface area contributed by atoms with Crippen LogP contribution in [0.3, 0.4) is 0 Å². The predicted molar refractivity (Wildman–Crippen MR) is 107 cm³/mol. The second-order valence-corrected chi connectivity index (χ2v) is 7.92. The number of para-hydroxylation sites is 1. The molecule has 0 aliphatic carbocycles. The van der Waals surface area contributed by atoms with Gasteiger partial charge >= 0.3 is 0 Å². The molecule has 0 N–H and O–H groups in total. The van der Waals surface area contributed by atoms with E-state index >= 15 is 0 Å². The lowest BCUT2D eigenvalue weighted by atomic mass is 10.0. The van der Waals surface area contributed by atoms with Crippen molar-refractivity contribution in [3.63, 3.8) is 0 Å². The monoisotopic (exact) mass is 366 g/mol. The lowest BCUT2D eigenvalue weighted by molar-refractivity contribution is 0.178. The number of nitrogens with zero attached hydrogens (tertiary/aromatic N) is 4. The number of aryl methyl sites for hydroxylation is 1. The number of aromatic nitrogens is 2. The Morgan fingerprint density at radius 3 is 2.93 bits per heavy atom. The minimum atomic E-state index is 0.388. The van der Waals surface area contributed by atoms with Gasteiger partial charge in [0.15, 0.2) is 0 Å². The molecule has 1 aromatic carbocycles. The summed E-state index contributed by atoms with van der Waals surface area (Å²) in [6.07, 6.45) is 6.81. The number of fused-ring (bicyclic) bond motifs is 1. The van der Waals surface area contributed by atoms with Gasteiger partial charge in [-0.2, -0.15) is 0 Å². The summed E-state index contributed by atoms with van der Waals surface area (Å²) in [5.74, 6) is 2.03. The van der Waals surface area contributed by atoms with Crippen LogP contribution < -0.4 is 4.74 Å². The van der Waals surface area contributed by atoms with Gasteiger partial charge in [-0.3, -0.25) is 9.80 Å². The van der Waals surface area contributed by atoms with E-state index in [0.29, 0.717) is 6.04 Å². The predicted octanol–water partition coefficient (Wildman–Crippen LogP) is 3.51. The fourth-order valence-electron chi connectivity index (χ4n) is 4.46. The van der Waals surface area contributed by atoms with Gasteiger partial charge in [0, 0.05) is 49.1 Å². The molecule has 0 radical (unpaired) electrons. The minimum absolute atomic E-state index is 0.388. The van der Waals surface area contributed by atoms with Crippen molar-refractivity contribution in [3.8, 4) is 5.75 Å². The summed E-state index contributed by atoms with van der Waals surface area (Å²) >= 11 is 0. The van der Waals surface area contributed by atoms with E-state index in [0.717, 1.165) is 44.2 Å². The topological polar surface area (TPSA) is 41.5 Å². The van der Waals surface area contributed by atoms with Gasteiger partial charge in [-0.1, -0.05) is 24.6 Å². The van der Waals surface area contributed by atoms with Crippen molar-refractivity contribution in [2.45, 2.75) is 51.7 Å². The van der Waals surface area contributed by atoms with E-state index in [1.165, 1.54) is 41.6 Å². The van der Waals surface area contributed by atoms with Crippen LogP contribution in [0.4, 0.5) is 0 Å². The molecular weight excluding hydrogens is 336 g/mol. The second-order valence-electron chi connectivity index (χ2n) is 7.92. The minimum Gasteiger partial charge on any atom is -0.496 e. The highest BCUT2D eigenvalue weighted by Gasteiger charge is 2.26. The molecule has 0 saturated carbocycles. The Kier molecular flexibility index (Phi) is 5.41. The van der Waals surface area contributed by atoms with Gasteiger partial charge in [0.2, 0.25) is 0 Å². The molecule has 5 heteroatoms. The Labute approximate surface area is 162 Å². The first-order chi connectivity index (χ1) is 13.2. The van der Waals surface area contributed by atoms with Gasteiger partial charge in [0.05, 0.1) is 13.2 Å². The Hall–Kier alpha value is -1.98. The zero-order valence-corrected chi connectivity index (χ0v) is 16.7. The number of rotatable bonds is 4. The highest BCUT2D eigenvalue weighted by molar-refractivity contribution is 5.40. The van der Waals surface area contributed by atoms with E-state index in [1.807, 2.05) is 0 Å². The number of likely N-dealkylation sites (tertiary alicyclic amines) is 1. The quantitative estimate of drug-likeness (QED) is 0.828. The van der Waals surface area contributed by atoms with Crippen LogP contribution >= 0.6 is 0 Å². The largest absolute Gasteiger partial charge is 0.496 e. The first-order valence-corrected chi connectivity index (χ1v) is 10.1. The molecule has 2 aliphatic heterocycles. The normalized spacial score (nSPS) is 21.1. The van der Waals surface area contributed by atoms with Crippen molar-refractivity contribution < 1.29 is 4.74 Å². The van der Waals surface area contributed by atoms with Crippen LogP contribution in [0.15, 0.2) is 24.4 Å². The molecule has 27 heavy (non-hydrogen) atoms. The van der Waals surface area contributed by atoms with Gasteiger partial charge in [-0.15, -0.1) is 0 Å². The molecule has 5 nitrogen and oxygen atoms in total. The molecule has 1 atom stereocenters. The molecule has 0 bridgehead atoms. The zero-order valence-electron chi connectivity index (χ0n) is 16.7. The molecule has 0 unspecified atom stereocenters. The smallest absolute Gasteiger partial charge is 0.145 e. The van der Waals surface area contributed by atoms with Crippen molar-refractivity contribution >= 4 is 0 Å². The maximum atomic E-state index is 5.62. The van der Waals surface area contributed by atoms with Crippen LogP contribution in [-0.2, 0) is 19.5 Å². The molecule has 3 heterocycles. The third kappa shape index (κ3) is 3.85. The van der Waals surface area contributed by atoms with Crippen molar-refractivity contribution in [2.75, 3.05) is 27.2 Å². The summed E-state index contributed by atoms with van der Waals surface area (Å²) in [5.41, 5.74) is 4.96. The average molecular weight is 367 g/mol. The molecule has 144 valence electrons. The van der Waals surface area contributed by atoms with Crippen molar-refractivity contribution in [1.29, 1.82) is 0 Å². The first kappa shape index (κ1) is 18.4. The standard InChI is InChI=1S/C22H30N4O/c1-16-7-6-8-17(21(16)27-3)14-26-12-10-19-18(15-26)13-23-22(24-19)20-9-4-5-11-25(20)2/h6-8,13,20H,4-5,9-12,14-15H2,1-3H3/t20-/m0/s1. The summed E-state index contributed by atoms with van der Waals surface area (Å²) in [5, 5.41) is 0. The summed E-state index contributed by atoms with van der Waals surface area (Å²) in [6, 6.07) is 6.77. The van der Waals surface area contributed by atoms with Crippen LogP contribution in [0.5, 0.6) is 5.75 Å². The maximum absolute atomic E-state index is 5.62. The SMILES string of the molecule is COc1c(C)cccc1CN1CCc2nc([C@@H]3CCCCN3C)ncc2C1. The molecule has 1 fully saturated rings. The van der Waals surface area contributed by atoms with Crippen molar-refractivity contribution in [2.24, 2.45) is 0 Å². The number of benzene rings is 1. The van der Waals surface area contributed by atoms with Crippen LogP contribution in [0.25, 0.3) is 0 Å². The number of piperidine rings is 1. The third-order valence-corrected chi connectivity index (χ3v) is 5.99. The molecule has 2 aliphatic rings. The molecule has 0 amide bonds. The fraction of sp³-hybridized carbons (Fsp3) is 0.545. The summed E-state index contributed by atoms with van der Waals surface area (Å²) < 4.78 is 5.62. The number of methoxy groups -OCH3 is 1. The Bertz CT molecular complexity index is 807. The zero-order chi connectivity index (χ0) is 18.8. The van der Waals surface area contributed by atoms with Gasteiger partial charge in [-0.05, 0) is 38.9 Å². The highest BCUT2D eigenvalue weighted by atomic mass is 16.5. The molecule has 0 spiro atoms. The Morgan fingerprint density at radius 2 is 2.11 bits per heavy atom. The molecule has 2 aromatic rings. The van der Waals surface area contributed by atoms with Gasteiger partial charge in [0.1, 0.15) is 11.6 Å². The van der Waals surface area contributed by atoms with E-state index in [1.54, 1.807) is 7.11 Å². The van der Waals surface area contributed by atoms with Crippen LogP contribution in [-0.4, -0.2) is 47.0 Å². The van der Waals surface area contributed by atoms with Crippen LogP contribution in [0.2, 0.25) is 0 Å². The van der Waals surface area contributed by atoms with Crippen molar-refractivity contribution in [1.82, 2.24) is 19.8 Å². The maximum Gasteiger partial charge on any atom is 0.145 e. The van der Waals surface area contributed by atoms with E-state index < -0.39 is 0 Å². The molecule has 1 aromatic heterocycles. The third-order valence-electron chi connectivity index (χ3n) is 5.99. The number of ether oxygens (including phenoxy) is 1. The lowest BCUT2D eigenvalue weighted by Crippen LogP contribution is -2.33. The Morgan fingerprint density at radius 1 is 1.22 bits per heavy atom. The average Bonchev–Trinajstić information content (AvgIpc) is 2.68. The number of hydrogen-bond acceptors (Lipinski definition) is 5. The molecular formula is C22H30N4O. The van der Waals surface area contributed by atoms with Gasteiger partial charge in [0.25, 0.3) is 0 Å². The Balaban J connectivity index is 1.48. The summed E-state index contributed by atoms with van der Waals surface area (Å²) in [7, 11) is 3.96. The summed E-state index contributed by atoms with van der Waals surface area (Å²) in [6.45, 7) is 6.09. The van der Waals surface area contributed by atoms with E-state index in [4.69, 9.17) is 14.7 Å². The number of hydrogen-bond donors (Lipinski definition) is 0. The highest BCUT2D eigenvalue weighted by Crippen LogP contribution is 2.29. The summed E-state index contributed by atoms with van der Waals surface area (Å²) in [4.78, 5) is 14.6. The van der Waals surface area contributed by atoms with Gasteiger partial charge in [-0.25, -0.2) is 9.97 Å². The van der Waals surface area contributed by atoms with Crippen LogP contribution in [0, 0.1) is 6.92 Å². The van der Waals surface area contributed by atoms with E-state index in [9.17, 15) is 0 Å². The van der Waals surface area contributed by atoms with Gasteiger partial charge < -0.3 is 4.74 Å². The lowest BCUT2D eigenvalue weighted by Gasteiger charge is -2.33. The first-order valence-electron chi connectivity index (χ1n) is 10.1. The van der Waals surface area contributed by atoms with Crippen molar-refractivity contribution in [3.05, 3.63) is 52.6 Å². The molecule has 1 saturated heterocycles. The molecule has 4 rings (SSSR count). The fourth-order valence-corrected chi connectivity index (χ4v) is 4.46. The van der Waals surface area contributed by atoms with Crippen LogP contribution in [0.1, 0.15) is 53.5 Å².